The summed E-state index contributed by atoms with van der Waals surface area (Å²) < 4.78 is 91.5. The normalized spacial score (nSPS) is 13.7. The van der Waals surface area contributed by atoms with Crippen molar-refractivity contribution in [2.24, 2.45) is 0 Å². The number of para-hydroxylation sites is 1. The number of carbonyl (C=O) groups excluding carboxylic acids is 8. The number of amides is 8. The highest BCUT2D eigenvalue weighted by Crippen LogP contribution is 2.50. The van der Waals surface area contributed by atoms with Crippen LogP contribution < -0.4 is 10.2 Å². The summed E-state index contributed by atoms with van der Waals surface area (Å²) in [5.41, 5.74) is 28.1. The van der Waals surface area contributed by atoms with Gasteiger partial charge < -0.3 is 15.0 Å². The van der Waals surface area contributed by atoms with Crippen LogP contribution in [0.2, 0.25) is 0 Å². The van der Waals surface area contributed by atoms with Crippen LogP contribution in [0.5, 0.6) is 0 Å². The number of benzene rings is 11. The summed E-state index contributed by atoms with van der Waals surface area (Å²) in [5.74, 6) is -5.06. The zero-order chi connectivity index (χ0) is 99.0. The molecule has 5 aliphatic rings. The summed E-state index contributed by atoms with van der Waals surface area (Å²) in [6, 6.07) is 50.0. The lowest BCUT2D eigenvalue weighted by atomic mass is 9.74. The van der Waals surface area contributed by atoms with E-state index in [1.165, 1.54) is 186 Å². The molecule has 1 fully saturated rings. The lowest BCUT2D eigenvalue weighted by Crippen LogP contribution is -2.41. The fourth-order valence-corrected chi connectivity index (χ4v) is 17.9. The van der Waals surface area contributed by atoms with Gasteiger partial charge in [0.25, 0.3) is 47.3 Å². The highest BCUT2D eigenvalue weighted by molar-refractivity contribution is 9.08. The number of ether oxygens (including phenoxy) is 1. The van der Waals surface area contributed by atoms with Gasteiger partial charge in [0.05, 0.1) is 57.7 Å². The maximum absolute atomic E-state index is 14.4. The fraction of sp³-hybridized carbons (Fsp3) is 0.327. The molecule has 0 atom stereocenters. The Balaban J connectivity index is 0.000000178. The Morgan fingerprint density at radius 2 is 0.549 bits per heavy atom. The van der Waals surface area contributed by atoms with Gasteiger partial charge in [0, 0.05) is 69.0 Å². The maximum Gasteiger partial charge on any atom is 0.402 e. The van der Waals surface area contributed by atoms with Crippen LogP contribution >= 0.6 is 31.9 Å². The minimum atomic E-state index is -4.80. The van der Waals surface area contributed by atoms with Crippen LogP contribution in [-0.2, 0) is 26.2 Å². The Kier molecular flexibility index (Phi) is 33.8. The van der Waals surface area contributed by atoms with Crippen molar-refractivity contribution in [3.8, 4) is 0 Å². The minimum absolute atomic E-state index is 0.0344. The number of hydrogen-bond donors (Lipinski definition) is 1. The van der Waals surface area contributed by atoms with E-state index in [1.807, 2.05) is 18.2 Å². The molecule has 15 nitrogen and oxygen atoms in total. The van der Waals surface area contributed by atoms with E-state index in [4.69, 9.17) is 4.74 Å². The van der Waals surface area contributed by atoms with Gasteiger partial charge >= 0.3 is 12.4 Å². The van der Waals surface area contributed by atoms with Gasteiger partial charge in [-0.1, -0.05) is 157 Å². The van der Waals surface area contributed by atoms with E-state index in [0.29, 0.717) is 0 Å². The van der Waals surface area contributed by atoms with E-state index in [2.05, 4.69) is 265 Å². The molecule has 133 heavy (non-hydrogen) atoms. The summed E-state index contributed by atoms with van der Waals surface area (Å²) in [7, 11) is 5.03. The molecule has 0 radical (unpaired) electrons. The Labute approximate surface area is 796 Å². The van der Waals surface area contributed by atoms with Crippen LogP contribution in [0, 0.1) is 138 Å². The molecule has 1 N–H and O–H groups in total. The van der Waals surface area contributed by atoms with Crippen molar-refractivity contribution in [3.05, 3.63) is 365 Å². The van der Waals surface area contributed by atoms with Gasteiger partial charge in [-0.05, 0) is 348 Å². The van der Waals surface area contributed by atoms with Crippen molar-refractivity contribution in [3.63, 3.8) is 0 Å². The molecule has 0 aromatic heterocycles. The number of aryl methyl sites for hydroxylation is 8. The number of nitrogens with zero attached hydrogens (tertiary/aromatic N) is 5. The molecule has 0 unspecified atom stereocenters. The standard InChI is InChI=1S/2C21H15F3N2O4.C14H15N.C12H17NO.2C12H18.2C9H11Br/c2*1-20(21(22,23)24,10-4-6-12-14(8-10)18(29)25(2)16(12)27)11-5-7-13-15(9-11)19(30)26(3)17(13)28;1-11-8-9-14(12(2)10-11)15-13-6-4-3-5-7-13;1-10-3-4-12(11(2)9-10)13-5-7-14-8-6-13;2*1-7-8(2)10(4)12(6)11(5)9(7)3;2*1-7-3-4-9(6-10)8(2)5-7/h2*4-9H,1-3H3;3-10,15H,1-2H3;3-4,9H,5-8H2,1-2H3;2*1-6H3;2*3-5H,6H2,1-2H3. The molecule has 0 aliphatic carbocycles. The van der Waals surface area contributed by atoms with Gasteiger partial charge in [-0.25, -0.2) is 0 Å². The minimum Gasteiger partial charge on any atom is -0.378 e. The summed E-state index contributed by atoms with van der Waals surface area (Å²) in [4.78, 5) is 103. The van der Waals surface area contributed by atoms with Gasteiger partial charge in [0.15, 0.2) is 0 Å². The number of nitrogens with one attached hydrogen (secondary N) is 1. The highest BCUT2D eigenvalue weighted by Gasteiger charge is 2.56. The quantitative estimate of drug-likeness (QED) is 0.0827. The van der Waals surface area contributed by atoms with E-state index in [-0.39, 0.29) is 66.8 Å². The summed E-state index contributed by atoms with van der Waals surface area (Å²) >= 11 is 6.87. The number of anilines is 3. The van der Waals surface area contributed by atoms with Crippen molar-refractivity contribution >= 4 is 96.2 Å². The van der Waals surface area contributed by atoms with Gasteiger partial charge in [-0.15, -0.1) is 0 Å². The number of fused-ring (bicyclic) bond motifs is 4. The van der Waals surface area contributed by atoms with Gasteiger partial charge in [0.1, 0.15) is 10.8 Å². The molecule has 5 aliphatic heterocycles. The number of carbonyl (C=O) groups is 8. The second kappa shape index (κ2) is 43.0. The monoisotopic (exact) mass is 1940 g/mol. The predicted octanol–water partition coefficient (Wildman–Crippen LogP) is 25.7. The van der Waals surface area contributed by atoms with Crippen LogP contribution in [0.3, 0.4) is 0 Å². The predicted molar refractivity (Wildman–Crippen MR) is 528 cm³/mol. The average Bonchev–Trinajstić information content (AvgIpc) is 1.62. The molecule has 11 aromatic carbocycles. The first-order valence-corrected chi connectivity index (χ1v) is 46.1. The first-order chi connectivity index (χ1) is 62.2. The Morgan fingerprint density at radius 1 is 0.301 bits per heavy atom. The molecular weight excluding hydrogens is 1820 g/mol. The third-order valence-corrected chi connectivity index (χ3v) is 28.2. The molecule has 11 aromatic rings. The zero-order valence-electron chi connectivity index (χ0n) is 80.9. The number of imide groups is 4. The second-order valence-electron chi connectivity index (χ2n) is 35.3. The Bertz CT molecular complexity index is 5670. The first-order valence-electron chi connectivity index (χ1n) is 43.8. The SMILES string of the molecule is CN1C(=O)c2ccc(C(C)(c3ccc4c(c3)C(=O)N(C)C4=O)C(F)(F)F)cc2C1=O.CN1C(=O)c2ccc(C(C)(c3ccc4c(c3)C(=O)N(C)C4=O)C(F)(F)F)cc2C1=O.Cc1c(C)c(C)c(C)c(C)c1C.Cc1c(C)c(C)c(C)c(C)c1C.Cc1ccc(CBr)c(C)c1.Cc1ccc(CBr)c(C)c1.Cc1ccc(N2CCOCC2)c(C)c1.Cc1ccc(Nc2ccccc2)c(C)c1. The van der Waals surface area contributed by atoms with Crippen LogP contribution in [0.15, 0.2) is 176 Å². The number of rotatable bonds is 9. The largest absolute Gasteiger partial charge is 0.402 e. The van der Waals surface area contributed by atoms with Crippen LogP contribution in [0.4, 0.5) is 43.4 Å². The number of halogens is 8. The summed E-state index contributed by atoms with van der Waals surface area (Å²) in [5, 5.41) is 5.31. The molecular formula is C110H120Br2F6N6O9. The molecule has 16 rings (SSSR count). The van der Waals surface area contributed by atoms with Crippen molar-refractivity contribution in [2.45, 2.75) is 186 Å². The van der Waals surface area contributed by atoms with E-state index in [9.17, 15) is 64.7 Å². The average molecular weight is 1940 g/mol. The molecule has 0 bridgehead atoms. The van der Waals surface area contributed by atoms with Crippen molar-refractivity contribution in [2.75, 3.05) is 64.7 Å². The summed E-state index contributed by atoms with van der Waals surface area (Å²) in [6.07, 6.45) is -9.60. The van der Waals surface area contributed by atoms with Crippen molar-refractivity contribution in [1.82, 2.24) is 19.6 Å². The molecule has 1 saturated heterocycles. The van der Waals surface area contributed by atoms with Crippen molar-refractivity contribution in [1.29, 1.82) is 0 Å². The van der Waals surface area contributed by atoms with Crippen LogP contribution in [0.25, 0.3) is 0 Å². The highest BCUT2D eigenvalue weighted by atomic mass is 79.9. The molecule has 23 heteroatoms. The lowest BCUT2D eigenvalue weighted by Gasteiger charge is -2.33. The maximum atomic E-state index is 14.4. The lowest BCUT2D eigenvalue weighted by molar-refractivity contribution is -0.173. The van der Waals surface area contributed by atoms with Crippen molar-refractivity contribution < 1.29 is 69.4 Å². The third-order valence-electron chi connectivity index (χ3n) is 27.0. The molecule has 5 heterocycles. The summed E-state index contributed by atoms with van der Waals surface area (Å²) in [6.45, 7) is 49.2. The van der Waals surface area contributed by atoms with E-state index < -0.39 is 70.4 Å². The number of hydrogen-bond acceptors (Lipinski definition) is 11. The van der Waals surface area contributed by atoms with Gasteiger partial charge in [-0.3, -0.25) is 58.0 Å². The molecule has 0 saturated carbocycles. The van der Waals surface area contributed by atoms with E-state index in [0.717, 1.165) is 125 Å². The smallest absolute Gasteiger partial charge is 0.378 e. The van der Waals surface area contributed by atoms with Gasteiger partial charge in [0.2, 0.25) is 0 Å². The molecule has 8 amide bonds. The second-order valence-corrected chi connectivity index (χ2v) is 36.4. The van der Waals surface area contributed by atoms with Crippen LogP contribution in [0.1, 0.15) is 241 Å². The Morgan fingerprint density at radius 3 is 0.797 bits per heavy atom. The van der Waals surface area contributed by atoms with E-state index >= 15 is 0 Å². The topological polar surface area (TPSA) is 174 Å². The Hall–Kier alpha value is -11.9. The zero-order valence-corrected chi connectivity index (χ0v) is 84.1. The third kappa shape index (κ3) is 22.3. The number of alkyl halides is 8. The number of morpholine rings is 1. The molecule has 700 valence electrons. The van der Waals surface area contributed by atoms with E-state index in [1.54, 1.807) is 0 Å². The molecule has 0 spiro atoms. The fourth-order valence-electron chi connectivity index (χ4n) is 16.6. The van der Waals surface area contributed by atoms with Gasteiger partial charge in [-0.2, -0.15) is 26.3 Å². The first kappa shape index (κ1) is 105. The van der Waals surface area contributed by atoms with Crippen LogP contribution in [-0.4, -0.2) is 134 Å².